The average Bonchev–Trinajstić information content (AvgIpc) is 2.73. The molecule has 6 heteroatoms. The number of nitrogens with one attached hydrogen (secondary N) is 2. The van der Waals surface area contributed by atoms with Crippen molar-refractivity contribution in [3.8, 4) is 5.75 Å². The zero-order valence-corrected chi connectivity index (χ0v) is 17.1. The molecule has 0 saturated heterocycles. The standard InChI is InChI=1S/C23H31N3O3/c1-2-3-4-5-6-7-8-13-22(28)24-17-23(29)26-25-16-20-19-12-10-9-11-18(19)14-15-21(20)27/h9-12,14-16,27H,2-8,13,17H2,1H3,(H,24,28)(H,26,29). The molecule has 29 heavy (non-hydrogen) atoms. The van der Waals surface area contributed by atoms with Crippen LogP contribution in [0.25, 0.3) is 10.8 Å². The quantitative estimate of drug-likeness (QED) is 0.284. The third-order valence-electron chi connectivity index (χ3n) is 4.78. The highest BCUT2D eigenvalue weighted by atomic mass is 16.3. The Balaban J connectivity index is 1.68. The van der Waals surface area contributed by atoms with Gasteiger partial charge in [-0.1, -0.05) is 75.8 Å². The number of amides is 2. The molecule has 0 bridgehead atoms. The van der Waals surface area contributed by atoms with E-state index >= 15 is 0 Å². The Morgan fingerprint density at radius 1 is 0.966 bits per heavy atom. The lowest BCUT2D eigenvalue weighted by atomic mass is 10.0. The van der Waals surface area contributed by atoms with E-state index in [4.69, 9.17) is 0 Å². The maximum atomic E-state index is 11.9. The summed E-state index contributed by atoms with van der Waals surface area (Å²) in [7, 11) is 0. The summed E-state index contributed by atoms with van der Waals surface area (Å²) in [6.45, 7) is 2.08. The molecule has 2 aromatic rings. The third kappa shape index (κ3) is 7.94. The first-order chi connectivity index (χ1) is 14.1. The highest BCUT2D eigenvalue weighted by molar-refractivity contribution is 6.02. The van der Waals surface area contributed by atoms with Gasteiger partial charge in [0.2, 0.25) is 5.91 Å². The highest BCUT2D eigenvalue weighted by Crippen LogP contribution is 2.25. The highest BCUT2D eigenvalue weighted by Gasteiger charge is 2.06. The van der Waals surface area contributed by atoms with Crippen molar-refractivity contribution in [1.82, 2.24) is 10.7 Å². The summed E-state index contributed by atoms with van der Waals surface area (Å²) in [6, 6.07) is 11.0. The van der Waals surface area contributed by atoms with Crippen LogP contribution in [0.2, 0.25) is 0 Å². The second-order valence-electron chi connectivity index (χ2n) is 7.16. The number of phenolic OH excluding ortho intramolecular Hbond substituents is 1. The number of hydrazone groups is 1. The van der Waals surface area contributed by atoms with Gasteiger partial charge in [0.25, 0.3) is 5.91 Å². The lowest BCUT2D eigenvalue weighted by Crippen LogP contribution is -2.34. The Labute approximate surface area is 172 Å². The zero-order valence-electron chi connectivity index (χ0n) is 17.1. The second kappa shape index (κ2) is 12.5. The molecule has 0 aliphatic heterocycles. The number of hydrogen-bond donors (Lipinski definition) is 3. The molecule has 2 amide bonds. The van der Waals surface area contributed by atoms with E-state index in [9.17, 15) is 14.7 Å². The van der Waals surface area contributed by atoms with Crippen molar-refractivity contribution in [2.45, 2.75) is 58.3 Å². The molecule has 6 nitrogen and oxygen atoms in total. The van der Waals surface area contributed by atoms with Crippen molar-refractivity contribution in [3.05, 3.63) is 42.0 Å². The predicted octanol–water partition coefficient (Wildman–Crippen LogP) is 4.25. The van der Waals surface area contributed by atoms with E-state index in [2.05, 4.69) is 22.8 Å². The van der Waals surface area contributed by atoms with Crippen LogP contribution in [0.4, 0.5) is 0 Å². The number of hydrogen-bond acceptors (Lipinski definition) is 4. The zero-order chi connectivity index (χ0) is 20.9. The molecule has 0 heterocycles. The van der Waals surface area contributed by atoms with Crippen LogP contribution in [0.1, 0.15) is 63.9 Å². The molecule has 0 radical (unpaired) electrons. The molecule has 3 N–H and O–H groups in total. The first-order valence-corrected chi connectivity index (χ1v) is 10.4. The second-order valence-corrected chi connectivity index (χ2v) is 7.16. The van der Waals surface area contributed by atoms with Crippen LogP contribution in [0.5, 0.6) is 5.75 Å². The summed E-state index contributed by atoms with van der Waals surface area (Å²) in [4.78, 5) is 23.7. The minimum absolute atomic E-state index is 0.0877. The molecular weight excluding hydrogens is 366 g/mol. The van der Waals surface area contributed by atoms with E-state index in [0.717, 1.165) is 30.0 Å². The van der Waals surface area contributed by atoms with Gasteiger partial charge in [-0.15, -0.1) is 0 Å². The normalized spacial score (nSPS) is 11.1. The number of rotatable bonds is 12. The van der Waals surface area contributed by atoms with Crippen LogP contribution in [0.3, 0.4) is 0 Å². The van der Waals surface area contributed by atoms with Crippen LogP contribution in [0, 0.1) is 0 Å². The fourth-order valence-corrected chi connectivity index (χ4v) is 3.14. The molecule has 0 unspecified atom stereocenters. The number of carbonyl (C=O) groups excluding carboxylic acids is 2. The molecule has 0 atom stereocenters. The average molecular weight is 398 g/mol. The lowest BCUT2D eigenvalue weighted by molar-refractivity contribution is -0.126. The van der Waals surface area contributed by atoms with Crippen molar-refractivity contribution in [3.63, 3.8) is 0 Å². The van der Waals surface area contributed by atoms with Crippen LogP contribution in [-0.2, 0) is 9.59 Å². The van der Waals surface area contributed by atoms with Gasteiger partial charge in [-0.2, -0.15) is 5.10 Å². The number of carbonyl (C=O) groups is 2. The van der Waals surface area contributed by atoms with Crippen LogP contribution in [0.15, 0.2) is 41.5 Å². The molecule has 0 aliphatic carbocycles. The minimum atomic E-state index is -0.408. The van der Waals surface area contributed by atoms with Gasteiger partial charge < -0.3 is 10.4 Å². The number of aromatic hydroxyl groups is 1. The number of unbranched alkanes of at least 4 members (excludes halogenated alkanes) is 6. The summed E-state index contributed by atoms with van der Waals surface area (Å²) in [5.41, 5.74) is 2.91. The maximum absolute atomic E-state index is 11.9. The molecule has 0 spiro atoms. The summed E-state index contributed by atoms with van der Waals surface area (Å²) >= 11 is 0. The predicted molar refractivity (Wildman–Crippen MR) is 117 cm³/mol. The summed E-state index contributed by atoms with van der Waals surface area (Å²) in [6.07, 6.45) is 9.89. The molecule has 156 valence electrons. The van der Waals surface area contributed by atoms with E-state index in [0.29, 0.717) is 12.0 Å². The lowest BCUT2D eigenvalue weighted by Gasteiger charge is -2.06. The summed E-state index contributed by atoms with van der Waals surface area (Å²) in [5.74, 6) is -0.442. The smallest absolute Gasteiger partial charge is 0.259 e. The van der Waals surface area contributed by atoms with Crippen molar-refractivity contribution >= 4 is 28.8 Å². The summed E-state index contributed by atoms with van der Waals surface area (Å²) < 4.78 is 0. The van der Waals surface area contributed by atoms with E-state index in [1.54, 1.807) is 6.07 Å². The van der Waals surface area contributed by atoms with E-state index in [-0.39, 0.29) is 18.2 Å². The molecule has 2 aromatic carbocycles. The summed E-state index contributed by atoms with van der Waals surface area (Å²) in [5, 5.41) is 18.4. The van der Waals surface area contributed by atoms with E-state index in [1.807, 2.05) is 30.3 Å². The minimum Gasteiger partial charge on any atom is -0.507 e. The molecular formula is C23H31N3O3. The molecule has 0 fully saturated rings. The van der Waals surface area contributed by atoms with Gasteiger partial charge in [-0.25, -0.2) is 5.43 Å². The van der Waals surface area contributed by atoms with Crippen molar-refractivity contribution in [1.29, 1.82) is 0 Å². The largest absolute Gasteiger partial charge is 0.507 e. The molecule has 0 aromatic heterocycles. The molecule has 0 aliphatic rings. The van der Waals surface area contributed by atoms with Crippen LogP contribution < -0.4 is 10.7 Å². The Bertz CT molecular complexity index is 833. The number of nitrogens with zero attached hydrogens (tertiary/aromatic N) is 1. The SMILES string of the molecule is CCCCCCCCCC(=O)NCC(=O)NN=Cc1c(O)ccc2ccccc12. The van der Waals surface area contributed by atoms with Crippen LogP contribution >= 0.6 is 0 Å². The third-order valence-corrected chi connectivity index (χ3v) is 4.78. The van der Waals surface area contributed by atoms with E-state index < -0.39 is 5.91 Å². The first-order valence-electron chi connectivity index (χ1n) is 10.4. The van der Waals surface area contributed by atoms with Crippen molar-refractivity contribution in [2.24, 2.45) is 5.10 Å². The number of phenols is 1. The monoisotopic (exact) mass is 397 g/mol. The fourth-order valence-electron chi connectivity index (χ4n) is 3.14. The Morgan fingerprint density at radius 3 is 2.48 bits per heavy atom. The van der Waals surface area contributed by atoms with Crippen molar-refractivity contribution < 1.29 is 14.7 Å². The van der Waals surface area contributed by atoms with Crippen molar-refractivity contribution in [2.75, 3.05) is 6.54 Å². The Morgan fingerprint density at radius 2 is 1.69 bits per heavy atom. The Hall–Kier alpha value is -2.89. The van der Waals surface area contributed by atoms with E-state index in [1.165, 1.54) is 31.9 Å². The van der Waals surface area contributed by atoms with Crippen LogP contribution in [-0.4, -0.2) is 29.7 Å². The van der Waals surface area contributed by atoms with Gasteiger partial charge >= 0.3 is 0 Å². The van der Waals surface area contributed by atoms with Gasteiger partial charge in [0.15, 0.2) is 0 Å². The van der Waals surface area contributed by atoms with Gasteiger partial charge in [0.05, 0.1) is 12.8 Å². The van der Waals surface area contributed by atoms with Gasteiger partial charge in [-0.3, -0.25) is 9.59 Å². The number of benzene rings is 2. The Kier molecular flexibility index (Phi) is 9.69. The number of fused-ring (bicyclic) bond motifs is 1. The first kappa shape index (κ1) is 22.4. The van der Waals surface area contributed by atoms with Gasteiger partial charge in [0, 0.05) is 12.0 Å². The van der Waals surface area contributed by atoms with Gasteiger partial charge in [0.1, 0.15) is 5.75 Å². The van der Waals surface area contributed by atoms with Gasteiger partial charge in [-0.05, 0) is 23.3 Å². The molecule has 2 rings (SSSR count). The topological polar surface area (TPSA) is 90.8 Å². The fraction of sp³-hybridized carbons (Fsp3) is 0.435. The maximum Gasteiger partial charge on any atom is 0.259 e. The molecule has 0 saturated carbocycles.